The Balaban J connectivity index is 1.89. The number of nitrogens with zero attached hydrogens (tertiary/aromatic N) is 2. The third kappa shape index (κ3) is 4.70. The first kappa shape index (κ1) is 22.0. The van der Waals surface area contributed by atoms with E-state index in [1.54, 1.807) is 31.3 Å². The lowest BCUT2D eigenvalue weighted by molar-refractivity contribution is -0.137. The van der Waals surface area contributed by atoms with Crippen LogP contribution in [0.2, 0.25) is 5.02 Å². The fourth-order valence-electron chi connectivity index (χ4n) is 3.77. The van der Waals surface area contributed by atoms with E-state index in [0.29, 0.717) is 22.6 Å². The van der Waals surface area contributed by atoms with E-state index in [-0.39, 0.29) is 25.0 Å². The van der Waals surface area contributed by atoms with Crippen LogP contribution in [0, 0.1) is 0 Å². The summed E-state index contributed by atoms with van der Waals surface area (Å²) in [7, 11) is 1.62. The Morgan fingerprint density at radius 2 is 1.70 bits per heavy atom. The third-order valence-corrected chi connectivity index (χ3v) is 5.67. The second kappa shape index (κ2) is 8.55. The molecule has 2 unspecified atom stereocenters. The van der Waals surface area contributed by atoms with Crippen molar-refractivity contribution in [2.24, 2.45) is 0 Å². The summed E-state index contributed by atoms with van der Waals surface area (Å²) in [6.45, 7) is 0.318. The van der Waals surface area contributed by atoms with Gasteiger partial charge in [0.05, 0.1) is 5.56 Å². The van der Waals surface area contributed by atoms with E-state index < -0.39 is 23.8 Å². The quantitative estimate of drug-likeness (QED) is 0.733. The lowest BCUT2D eigenvalue weighted by atomic mass is 9.84. The molecule has 0 aliphatic carbocycles. The van der Waals surface area contributed by atoms with E-state index in [9.17, 15) is 27.9 Å². The molecule has 3 rings (SSSR count). The largest absolute Gasteiger partial charge is 0.465 e. The number of amides is 2. The summed E-state index contributed by atoms with van der Waals surface area (Å²) >= 11 is 5.87. The van der Waals surface area contributed by atoms with E-state index in [1.165, 1.54) is 21.9 Å². The number of rotatable bonds is 3. The van der Waals surface area contributed by atoms with Crippen LogP contribution in [0.5, 0.6) is 0 Å². The minimum absolute atomic E-state index is 0.0869. The second-order valence-electron chi connectivity index (χ2n) is 7.23. The molecule has 2 aromatic rings. The van der Waals surface area contributed by atoms with Crippen LogP contribution in [0.1, 0.15) is 33.8 Å². The Morgan fingerprint density at radius 1 is 1.10 bits per heavy atom. The number of halogens is 4. The van der Waals surface area contributed by atoms with Crippen LogP contribution in [-0.2, 0) is 6.18 Å². The second-order valence-corrected chi connectivity index (χ2v) is 7.67. The van der Waals surface area contributed by atoms with Gasteiger partial charge in [-0.1, -0.05) is 23.7 Å². The van der Waals surface area contributed by atoms with E-state index >= 15 is 0 Å². The molecule has 160 valence electrons. The van der Waals surface area contributed by atoms with E-state index in [1.807, 2.05) is 0 Å². The fourth-order valence-corrected chi connectivity index (χ4v) is 3.90. The Morgan fingerprint density at radius 3 is 2.23 bits per heavy atom. The van der Waals surface area contributed by atoms with Crippen LogP contribution in [0.3, 0.4) is 0 Å². The number of benzene rings is 2. The standard InChI is InChI=1S/C21H20ClF3N2O3/c1-26(19(28)14-4-8-16(22)9-5-14)18-10-11-27(20(29)30)12-17(18)13-2-6-15(7-3-13)21(23,24)25/h2-9,17-18H,10-12H2,1H3,(H,29,30). The molecule has 0 radical (unpaired) electrons. The molecule has 0 spiro atoms. The maximum absolute atomic E-state index is 12.9. The highest BCUT2D eigenvalue weighted by molar-refractivity contribution is 6.30. The Kier molecular flexibility index (Phi) is 6.26. The van der Waals surface area contributed by atoms with Crippen molar-refractivity contribution in [3.8, 4) is 0 Å². The van der Waals surface area contributed by atoms with Gasteiger partial charge < -0.3 is 14.9 Å². The molecule has 1 fully saturated rings. The summed E-state index contributed by atoms with van der Waals surface area (Å²) in [6, 6.07) is 10.7. The average Bonchev–Trinajstić information content (AvgIpc) is 2.72. The molecule has 2 amide bonds. The number of likely N-dealkylation sites (tertiary alicyclic amines) is 1. The van der Waals surface area contributed by atoms with Crippen LogP contribution in [-0.4, -0.2) is 53.1 Å². The monoisotopic (exact) mass is 440 g/mol. The number of hydrogen-bond donors (Lipinski definition) is 1. The van der Waals surface area contributed by atoms with Gasteiger partial charge in [-0.25, -0.2) is 4.79 Å². The highest BCUT2D eigenvalue weighted by atomic mass is 35.5. The number of carbonyl (C=O) groups excluding carboxylic acids is 1. The summed E-state index contributed by atoms with van der Waals surface area (Å²) in [4.78, 5) is 27.2. The Hall–Kier alpha value is -2.74. The van der Waals surface area contributed by atoms with E-state index in [2.05, 4.69) is 0 Å². The van der Waals surface area contributed by atoms with Crippen molar-refractivity contribution >= 4 is 23.6 Å². The van der Waals surface area contributed by atoms with E-state index in [4.69, 9.17) is 11.6 Å². The van der Waals surface area contributed by atoms with Crippen molar-refractivity contribution in [1.82, 2.24) is 9.80 Å². The molecule has 0 aromatic heterocycles. The average molecular weight is 441 g/mol. The van der Waals surface area contributed by atoms with Gasteiger partial charge in [0.2, 0.25) is 0 Å². The van der Waals surface area contributed by atoms with Crippen molar-refractivity contribution in [2.75, 3.05) is 20.1 Å². The number of piperidine rings is 1. The van der Waals surface area contributed by atoms with Gasteiger partial charge in [-0.2, -0.15) is 13.2 Å². The first-order valence-corrected chi connectivity index (χ1v) is 9.63. The van der Waals surface area contributed by atoms with Crippen LogP contribution in [0.15, 0.2) is 48.5 Å². The van der Waals surface area contributed by atoms with Gasteiger partial charge in [0.15, 0.2) is 0 Å². The molecule has 0 bridgehead atoms. The maximum atomic E-state index is 12.9. The maximum Gasteiger partial charge on any atom is 0.416 e. The highest BCUT2D eigenvalue weighted by Crippen LogP contribution is 2.34. The molecular weight excluding hydrogens is 421 g/mol. The lowest BCUT2D eigenvalue weighted by Gasteiger charge is -2.42. The smallest absolute Gasteiger partial charge is 0.416 e. The highest BCUT2D eigenvalue weighted by Gasteiger charge is 2.37. The van der Waals surface area contributed by atoms with Gasteiger partial charge >= 0.3 is 12.3 Å². The van der Waals surface area contributed by atoms with Crippen LogP contribution < -0.4 is 0 Å². The van der Waals surface area contributed by atoms with E-state index in [0.717, 1.165) is 12.1 Å². The molecule has 9 heteroatoms. The number of carbonyl (C=O) groups is 2. The van der Waals surface area contributed by atoms with Crippen molar-refractivity contribution in [3.63, 3.8) is 0 Å². The zero-order valence-corrected chi connectivity index (χ0v) is 16.8. The Bertz CT molecular complexity index is 917. The minimum atomic E-state index is -4.46. The molecule has 5 nitrogen and oxygen atoms in total. The molecule has 1 heterocycles. The summed E-state index contributed by atoms with van der Waals surface area (Å²) < 4.78 is 38.7. The zero-order chi connectivity index (χ0) is 22.1. The predicted molar refractivity (Wildman–Crippen MR) is 106 cm³/mol. The van der Waals surface area contributed by atoms with Crippen molar-refractivity contribution in [1.29, 1.82) is 0 Å². The van der Waals surface area contributed by atoms with Gasteiger partial charge in [-0.05, 0) is 48.4 Å². The Labute approximate surface area is 176 Å². The molecule has 1 aliphatic rings. The normalized spacial score (nSPS) is 19.4. The minimum Gasteiger partial charge on any atom is -0.465 e. The SMILES string of the molecule is CN(C(=O)c1ccc(Cl)cc1)C1CCN(C(=O)O)CC1c1ccc(C(F)(F)F)cc1. The number of hydrogen-bond acceptors (Lipinski definition) is 2. The van der Waals surface area contributed by atoms with Crippen LogP contribution in [0.25, 0.3) is 0 Å². The molecular formula is C21H20ClF3N2O3. The number of alkyl halides is 3. The summed E-state index contributed by atoms with van der Waals surface area (Å²) in [5, 5.41) is 9.87. The van der Waals surface area contributed by atoms with Gasteiger partial charge in [0, 0.05) is 42.7 Å². The summed E-state index contributed by atoms with van der Waals surface area (Å²) in [5.41, 5.74) is 0.197. The van der Waals surface area contributed by atoms with Crippen molar-refractivity contribution in [2.45, 2.75) is 24.6 Å². The summed E-state index contributed by atoms with van der Waals surface area (Å²) in [5.74, 6) is -0.726. The van der Waals surface area contributed by atoms with Crippen LogP contribution in [0.4, 0.5) is 18.0 Å². The van der Waals surface area contributed by atoms with Gasteiger partial charge in [0.1, 0.15) is 0 Å². The first-order chi connectivity index (χ1) is 14.1. The molecule has 2 atom stereocenters. The van der Waals surface area contributed by atoms with Crippen molar-refractivity contribution < 1.29 is 27.9 Å². The lowest BCUT2D eigenvalue weighted by Crippen LogP contribution is -2.51. The fraction of sp³-hybridized carbons (Fsp3) is 0.333. The van der Waals surface area contributed by atoms with Gasteiger partial charge in [-0.3, -0.25) is 4.79 Å². The molecule has 30 heavy (non-hydrogen) atoms. The van der Waals surface area contributed by atoms with Crippen LogP contribution >= 0.6 is 11.6 Å². The topological polar surface area (TPSA) is 60.9 Å². The molecule has 1 N–H and O–H groups in total. The predicted octanol–water partition coefficient (Wildman–Crippen LogP) is 4.97. The molecule has 1 saturated heterocycles. The molecule has 0 saturated carbocycles. The zero-order valence-electron chi connectivity index (χ0n) is 16.1. The van der Waals surface area contributed by atoms with Gasteiger partial charge in [0.25, 0.3) is 5.91 Å². The first-order valence-electron chi connectivity index (χ1n) is 9.25. The molecule has 1 aliphatic heterocycles. The number of carboxylic acid groups (broad SMARTS) is 1. The van der Waals surface area contributed by atoms with Gasteiger partial charge in [-0.15, -0.1) is 0 Å². The summed E-state index contributed by atoms with van der Waals surface area (Å²) in [6.07, 6.45) is -5.19. The molecule has 2 aromatic carbocycles. The van der Waals surface area contributed by atoms with Crippen molar-refractivity contribution in [3.05, 3.63) is 70.2 Å². The number of likely N-dealkylation sites (N-methyl/N-ethyl adjacent to an activating group) is 1. The third-order valence-electron chi connectivity index (χ3n) is 5.42.